The van der Waals surface area contributed by atoms with Gasteiger partial charge in [-0.2, -0.15) is 0 Å². The largest absolute Gasteiger partial charge is 0.380 e. The van der Waals surface area contributed by atoms with Crippen molar-refractivity contribution in [3.8, 4) is 0 Å². The van der Waals surface area contributed by atoms with Gasteiger partial charge >= 0.3 is 0 Å². The summed E-state index contributed by atoms with van der Waals surface area (Å²) in [5.74, 6) is 0. The smallest absolute Gasteiger partial charge is 0.295 e. The average molecular weight is 259 g/mol. The van der Waals surface area contributed by atoms with Crippen LogP contribution >= 0.6 is 0 Å². The summed E-state index contributed by atoms with van der Waals surface area (Å²) in [6.45, 7) is 6.28. The highest BCUT2D eigenvalue weighted by molar-refractivity contribution is 5.97. The van der Waals surface area contributed by atoms with E-state index in [0.717, 1.165) is 17.5 Å². The van der Waals surface area contributed by atoms with Crippen LogP contribution in [0.15, 0.2) is 30.5 Å². The van der Waals surface area contributed by atoms with Gasteiger partial charge in [-0.05, 0) is 38.5 Å². The molecule has 0 atom stereocenters. The fraction of sp³-hybridized carbons (Fsp3) is 0.357. The van der Waals surface area contributed by atoms with Crippen LogP contribution in [-0.2, 0) is 0 Å². The number of rotatable bonds is 4. The van der Waals surface area contributed by atoms with Gasteiger partial charge in [0.2, 0.25) is 0 Å². The molecule has 5 nitrogen and oxygen atoms in total. The number of hydrogen-bond acceptors (Lipinski definition) is 4. The van der Waals surface area contributed by atoms with Crippen LogP contribution in [0.5, 0.6) is 0 Å². The van der Waals surface area contributed by atoms with E-state index in [0.29, 0.717) is 5.52 Å². The van der Waals surface area contributed by atoms with Crippen molar-refractivity contribution in [2.24, 2.45) is 0 Å². The molecule has 2 rings (SSSR count). The number of nitrogens with zero attached hydrogens (tertiary/aromatic N) is 2. The Bertz CT molecular complexity index is 623. The second-order valence-electron chi connectivity index (χ2n) is 5.15. The Morgan fingerprint density at radius 2 is 2.11 bits per heavy atom. The number of benzene rings is 1. The monoisotopic (exact) mass is 259 g/mol. The maximum absolute atomic E-state index is 11.0. The molecular formula is C14H17N3O2. The molecular weight excluding hydrogens is 242 g/mol. The SMILES string of the molecule is CCC(C)(C)Nc1ccc([N+](=O)[O-])c2ncccc12. The molecule has 0 saturated carbocycles. The van der Waals surface area contributed by atoms with Crippen molar-refractivity contribution in [2.75, 3.05) is 5.32 Å². The summed E-state index contributed by atoms with van der Waals surface area (Å²) < 4.78 is 0. The number of nitrogens with one attached hydrogen (secondary N) is 1. The molecule has 0 bridgehead atoms. The lowest BCUT2D eigenvalue weighted by Gasteiger charge is -2.26. The first-order valence-electron chi connectivity index (χ1n) is 6.25. The summed E-state index contributed by atoms with van der Waals surface area (Å²) in [6.07, 6.45) is 2.52. The summed E-state index contributed by atoms with van der Waals surface area (Å²) in [4.78, 5) is 14.8. The molecule has 0 unspecified atom stereocenters. The van der Waals surface area contributed by atoms with Crippen molar-refractivity contribution < 1.29 is 4.92 Å². The maximum atomic E-state index is 11.0. The van der Waals surface area contributed by atoms with Crippen molar-refractivity contribution in [3.05, 3.63) is 40.6 Å². The quantitative estimate of drug-likeness (QED) is 0.670. The molecule has 1 aromatic carbocycles. The predicted octanol–water partition coefficient (Wildman–Crippen LogP) is 3.74. The predicted molar refractivity (Wildman–Crippen MR) is 76.4 cm³/mol. The summed E-state index contributed by atoms with van der Waals surface area (Å²) in [6, 6.07) is 6.89. The topological polar surface area (TPSA) is 68.1 Å². The van der Waals surface area contributed by atoms with Crippen molar-refractivity contribution >= 4 is 22.3 Å². The Morgan fingerprint density at radius 3 is 2.74 bits per heavy atom. The van der Waals surface area contributed by atoms with Crippen LogP contribution in [0.3, 0.4) is 0 Å². The fourth-order valence-electron chi connectivity index (χ4n) is 1.87. The van der Waals surface area contributed by atoms with E-state index in [1.807, 2.05) is 6.07 Å². The number of nitro benzene ring substituents is 1. The second-order valence-corrected chi connectivity index (χ2v) is 5.15. The zero-order valence-corrected chi connectivity index (χ0v) is 11.3. The molecule has 5 heteroatoms. The molecule has 0 saturated heterocycles. The van der Waals surface area contributed by atoms with E-state index in [-0.39, 0.29) is 11.2 Å². The minimum Gasteiger partial charge on any atom is -0.380 e. The van der Waals surface area contributed by atoms with Gasteiger partial charge in [-0.1, -0.05) is 6.92 Å². The number of hydrogen-bond donors (Lipinski definition) is 1. The third kappa shape index (κ3) is 2.65. The standard InChI is InChI=1S/C14H17N3O2/c1-4-14(2,3)16-11-7-8-12(17(18)19)13-10(11)6-5-9-15-13/h5-9,16H,4H2,1-3H3. The van der Waals surface area contributed by atoms with Gasteiger partial charge in [0, 0.05) is 28.9 Å². The molecule has 0 radical (unpaired) electrons. The highest BCUT2D eigenvalue weighted by atomic mass is 16.6. The summed E-state index contributed by atoms with van der Waals surface area (Å²) in [5, 5.41) is 15.2. The first-order valence-corrected chi connectivity index (χ1v) is 6.25. The van der Waals surface area contributed by atoms with Gasteiger partial charge in [0.1, 0.15) is 5.52 Å². The number of non-ortho nitro benzene ring substituents is 1. The lowest BCUT2D eigenvalue weighted by molar-refractivity contribution is -0.383. The van der Waals surface area contributed by atoms with Crippen LogP contribution in [0.1, 0.15) is 27.2 Å². The normalized spacial score (nSPS) is 11.5. The van der Waals surface area contributed by atoms with Gasteiger partial charge in [-0.25, -0.2) is 4.98 Å². The first kappa shape index (κ1) is 13.3. The van der Waals surface area contributed by atoms with E-state index < -0.39 is 4.92 Å². The van der Waals surface area contributed by atoms with Crippen molar-refractivity contribution in [1.29, 1.82) is 0 Å². The fourth-order valence-corrected chi connectivity index (χ4v) is 1.87. The van der Waals surface area contributed by atoms with Crippen LogP contribution in [0.2, 0.25) is 0 Å². The van der Waals surface area contributed by atoms with Gasteiger partial charge in [-0.3, -0.25) is 10.1 Å². The molecule has 1 heterocycles. The molecule has 0 fully saturated rings. The zero-order valence-electron chi connectivity index (χ0n) is 11.3. The van der Waals surface area contributed by atoms with Gasteiger partial charge < -0.3 is 5.32 Å². The summed E-state index contributed by atoms with van der Waals surface area (Å²) >= 11 is 0. The Hall–Kier alpha value is -2.17. The summed E-state index contributed by atoms with van der Waals surface area (Å²) in [5.41, 5.74) is 1.26. The highest BCUT2D eigenvalue weighted by Gasteiger charge is 2.19. The van der Waals surface area contributed by atoms with Crippen molar-refractivity contribution in [3.63, 3.8) is 0 Å². The maximum Gasteiger partial charge on any atom is 0.295 e. The molecule has 0 aliphatic rings. The van der Waals surface area contributed by atoms with E-state index >= 15 is 0 Å². The number of fused-ring (bicyclic) bond motifs is 1. The molecule has 0 spiro atoms. The molecule has 1 aromatic heterocycles. The van der Waals surface area contributed by atoms with Crippen LogP contribution in [0.25, 0.3) is 10.9 Å². The van der Waals surface area contributed by atoms with E-state index in [1.54, 1.807) is 18.3 Å². The van der Waals surface area contributed by atoms with Gasteiger partial charge in [0.05, 0.1) is 4.92 Å². The Kier molecular flexibility index (Phi) is 3.38. The number of anilines is 1. The third-order valence-electron chi connectivity index (χ3n) is 3.30. The molecule has 100 valence electrons. The molecule has 0 aliphatic heterocycles. The number of nitro groups is 1. The Morgan fingerprint density at radius 1 is 1.37 bits per heavy atom. The van der Waals surface area contributed by atoms with Crippen molar-refractivity contribution in [2.45, 2.75) is 32.7 Å². The molecule has 0 amide bonds. The second kappa shape index (κ2) is 4.84. The molecule has 2 aromatic rings. The van der Waals surface area contributed by atoms with Crippen LogP contribution in [0, 0.1) is 10.1 Å². The lowest BCUT2D eigenvalue weighted by Crippen LogP contribution is -2.29. The number of pyridine rings is 1. The lowest BCUT2D eigenvalue weighted by atomic mass is 10.0. The Balaban J connectivity index is 2.59. The van der Waals surface area contributed by atoms with E-state index in [9.17, 15) is 10.1 Å². The molecule has 1 N–H and O–H groups in total. The van der Waals surface area contributed by atoms with Crippen molar-refractivity contribution in [1.82, 2.24) is 4.98 Å². The minimum absolute atomic E-state index is 0.0375. The van der Waals surface area contributed by atoms with Gasteiger partial charge in [0.15, 0.2) is 0 Å². The molecule has 19 heavy (non-hydrogen) atoms. The highest BCUT2D eigenvalue weighted by Crippen LogP contribution is 2.31. The average Bonchev–Trinajstić information content (AvgIpc) is 2.38. The van der Waals surface area contributed by atoms with E-state index in [2.05, 4.69) is 31.1 Å². The Labute approximate surface area is 111 Å². The first-order chi connectivity index (χ1) is 8.94. The van der Waals surface area contributed by atoms with Gasteiger partial charge in [-0.15, -0.1) is 0 Å². The number of aromatic nitrogens is 1. The molecule has 0 aliphatic carbocycles. The van der Waals surface area contributed by atoms with E-state index in [4.69, 9.17) is 0 Å². The third-order valence-corrected chi connectivity index (χ3v) is 3.30. The van der Waals surface area contributed by atoms with Crippen LogP contribution in [-0.4, -0.2) is 15.4 Å². The van der Waals surface area contributed by atoms with E-state index in [1.165, 1.54) is 6.07 Å². The minimum atomic E-state index is -0.399. The van der Waals surface area contributed by atoms with Crippen LogP contribution < -0.4 is 5.32 Å². The summed E-state index contributed by atoms with van der Waals surface area (Å²) in [7, 11) is 0. The van der Waals surface area contributed by atoms with Crippen LogP contribution in [0.4, 0.5) is 11.4 Å². The zero-order chi connectivity index (χ0) is 14.0. The van der Waals surface area contributed by atoms with Gasteiger partial charge in [0.25, 0.3) is 5.69 Å².